The van der Waals surface area contributed by atoms with E-state index in [0.717, 1.165) is 5.56 Å². The first-order chi connectivity index (χ1) is 7.65. The molecule has 0 atom stereocenters. The first-order valence-electron chi connectivity index (χ1n) is 4.68. The first kappa shape index (κ1) is 12.5. The number of benzene rings is 1. The summed E-state index contributed by atoms with van der Waals surface area (Å²) < 4.78 is 0. The van der Waals surface area contributed by atoms with Crippen molar-refractivity contribution in [2.45, 2.75) is 13.5 Å². The predicted molar refractivity (Wildman–Crippen MR) is 63.3 cm³/mol. The Morgan fingerprint density at radius 2 is 2.31 bits per heavy atom. The Morgan fingerprint density at radius 1 is 1.56 bits per heavy atom. The number of hydrogen-bond acceptors (Lipinski definition) is 3. The smallest absolute Gasteiger partial charge is 0.270 e. The van der Waals surface area contributed by atoms with Crippen molar-refractivity contribution < 1.29 is 4.92 Å². The molecule has 0 aliphatic rings. The third-order valence-corrected chi connectivity index (χ3v) is 2.30. The number of nitrogens with zero attached hydrogens (tertiary/aromatic N) is 1. The summed E-state index contributed by atoms with van der Waals surface area (Å²) in [5.74, 6) is 5.61. The minimum absolute atomic E-state index is 0.00194. The molecule has 5 heteroatoms. The van der Waals surface area contributed by atoms with Crippen molar-refractivity contribution in [1.29, 1.82) is 0 Å². The van der Waals surface area contributed by atoms with Crippen LogP contribution in [0.1, 0.15) is 12.5 Å². The Labute approximate surface area is 98.8 Å². The van der Waals surface area contributed by atoms with Crippen LogP contribution < -0.4 is 5.32 Å². The SMILES string of the molecule is CC#CCNCc1ccc([N+](=O)[O-])cc1Cl. The van der Waals surface area contributed by atoms with Gasteiger partial charge in [0.05, 0.1) is 16.5 Å². The van der Waals surface area contributed by atoms with E-state index >= 15 is 0 Å². The molecule has 0 radical (unpaired) electrons. The summed E-state index contributed by atoms with van der Waals surface area (Å²) in [7, 11) is 0. The summed E-state index contributed by atoms with van der Waals surface area (Å²) in [5, 5.41) is 13.9. The minimum Gasteiger partial charge on any atom is -0.302 e. The van der Waals surface area contributed by atoms with E-state index in [9.17, 15) is 10.1 Å². The van der Waals surface area contributed by atoms with E-state index in [4.69, 9.17) is 11.6 Å². The van der Waals surface area contributed by atoms with E-state index in [1.165, 1.54) is 12.1 Å². The molecule has 0 unspecified atom stereocenters. The molecule has 1 N–H and O–H groups in total. The molecule has 0 saturated heterocycles. The second-order valence-corrected chi connectivity index (χ2v) is 3.47. The molecular formula is C11H11ClN2O2. The van der Waals surface area contributed by atoms with Gasteiger partial charge in [-0.3, -0.25) is 10.1 Å². The Morgan fingerprint density at radius 3 is 2.88 bits per heavy atom. The topological polar surface area (TPSA) is 55.2 Å². The van der Waals surface area contributed by atoms with E-state index < -0.39 is 4.92 Å². The van der Waals surface area contributed by atoms with E-state index in [1.54, 1.807) is 13.0 Å². The van der Waals surface area contributed by atoms with Crippen LogP contribution in [-0.2, 0) is 6.54 Å². The molecule has 1 aromatic rings. The molecule has 84 valence electrons. The lowest BCUT2D eigenvalue weighted by Gasteiger charge is -2.03. The van der Waals surface area contributed by atoms with Crippen molar-refractivity contribution >= 4 is 17.3 Å². The maximum atomic E-state index is 10.5. The van der Waals surface area contributed by atoms with Crippen LogP contribution in [0.3, 0.4) is 0 Å². The van der Waals surface area contributed by atoms with Crippen LogP contribution in [0.25, 0.3) is 0 Å². The Balaban J connectivity index is 2.67. The van der Waals surface area contributed by atoms with Gasteiger partial charge in [0, 0.05) is 18.7 Å². The highest BCUT2D eigenvalue weighted by Gasteiger charge is 2.08. The molecule has 0 fully saturated rings. The number of nitro benzene ring substituents is 1. The van der Waals surface area contributed by atoms with Gasteiger partial charge in [-0.15, -0.1) is 5.92 Å². The molecule has 16 heavy (non-hydrogen) atoms. The van der Waals surface area contributed by atoms with Crippen LogP contribution in [-0.4, -0.2) is 11.5 Å². The van der Waals surface area contributed by atoms with Crippen molar-refractivity contribution in [3.05, 3.63) is 38.9 Å². The number of halogens is 1. The molecule has 0 amide bonds. The molecule has 1 rings (SSSR count). The van der Waals surface area contributed by atoms with Gasteiger partial charge in [-0.25, -0.2) is 0 Å². The Kier molecular flexibility index (Phi) is 4.77. The third kappa shape index (κ3) is 3.54. The molecule has 0 bridgehead atoms. The molecular weight excluding hydrogens is 228 g/mol. The highest BCUT2D eigenvalue weighted by Crippen LogP contribution is 2.22. The van der Waals surface area contributed by atoms with Gasteiger partial charge in [0.1, 0.15) is 0 Å². The number of nitrogens with one attached hydrogen (secondary N) is 1. The van der Waals surface area contributed by atoms with Crippen LogP contribution in [0.15, 0.2) is 18.2 Å². The lowest BCUT2D eigenvalue weighted by molar-refractivity contribution is -0.384. The zero-order valence-corrected chi connectivity index (χ0v) is 9.54. The fraction of sp³-hybridized carbons (Fsp3) is 0.273. The zero-order chi connectivity index (χ0) is 12.0. The van der Waals surface area contributed by atoms with Gasteiger partial charge in [0.25, 0.3) is 5.69 Å². The van der Waals surface area contributed by atoms with Crippen molar-refractivity contribution in [1.82, 2.24) is 5.32 Å². The van der Waals surface area contributed by atoms with Crippen molar-refractivity contribution in [3.63, 3.8) is 0 Å². The normalized spacial score (nSPS) is 9.38. The summed E-state index contributed by atoms with van der Waals surface area (Å²) in [5.41, 5.74) is 0.826. The summed E-state index contributed by atoms with van der Waals surface area (Å²) in [6.45, 7) is 2.88. The van der Waals surface area contributed by atoms with Gasteiger partial charge in [-0.05, 0) is 18.6 Å². The van der Waals surface area contributed by atoms with Crippen LogP contribution >= 0.6 is 11.6 Å². The first-order valence-corrected chi connectivity index (χ1v) is 5.06. The number of nitro groups is 1. The fourth-order valence-electron chi connectivity index (χ4n) is 1.14. The zero-order valence-electron chi connectivity index (χ0n) is 8.79. The van der Waals surface area contributed by atoms with Crippen molar-refractivity contribution in [3.8, 4) is 11.8 Å². The summed E-state index contributed by atoms with van der Waals surface area (Å²) in [4.78, 5) is 10.0. The average molecular weight is 239 g/mol. The maximum absolute atomic E-state index is 10.5. The van der Waals surface area contributed by atoms with E-state index in [1.807, 2.05) is 0 Å². The highest BCUT2D eigenvalue weighted by atomic mass is 35.5. The van der Waals surface area contributed by atoms with E-state index in [-0.39, 0.29) is 5.69 Å². The predicted octanol–water partition coefficient (Wildman–Crippen LogP) is 2.36. The Hall–Kier alpha value is -1.57. The largest absolute Gasteiger partial charge is 0.302 e. The second kappa shape index (κ2) is 6.11. The van der Waals surface area contributed by atoms with Crippen LogP contribution in [0, 0.1) is 22.0 Å². The van der Waals surface area contributed by atoms with E-state index in [2.05, 4.69) is 17.2 Å². The minimum atomic E-state index is -0.467. The monoisotopic (exact) mass is 238 g/mol. The van der Waals surface area contributed by atoms with Gasteiger partial charge in [0.15, 0.2) is 0 Å². The molecule has 0 spiro atoms. The molecule has 0 heterocycles. The average Bonchev–Trinajstić information content (AvgIpc) is 2.26. The van der Waals surface area contributed by atoms with Gasteiger partial charge in [-0.1, -0.05) is 17.5 Å². The summed E-state index contributed by atoms with van der Waals surface area (Å²) in [6, 6.07) is 4.44. The van der Waals surface area contributed by atoms with E-state index in [0.29, 0.717) is 18.1 Å². The Bertz CT molecular complexity index is 449. The van der Waals surface area contributed by atoms with Gasteiger partial charge < -0.3 is 5.32 Å². The van der Waals surface area contributed by atoms with Gasteiger partial charge in [0.2, 0.25) is 0 Å². The fourth-order valence-corrected chi connectivity index (χ4v) is 1.38. The third-order valence-electron chi connectivity index (χ3n) is 1.95. The maximum Gasteiger partial charge on any atom is 0.270 e. The molecule has 1 aromatic carbocycles. The van der Waals surface area contributed by atoms with Crippen LogP contribution in [0.5, 0.6) is 0 Å². The standard InChI is InChI=1S/C11H11ClN2O2/c1-2-3-6-13-8-9-4-5-10(14(15)16)7-11(9)12/h4-5,7,13H,6,8H2,1H3. The number of rotatable bonds is 4. The van der Waals surface area contributed by atoms with Crippen molar-refractivity contribution in [2.75, 3.05) is 6.54 Å². The van der Waals surface area contributed by atoms with Crippen LogP contribution in [0.4, 0.5) is 5.69 Å². The lowest BCUT2D eigenvalue weighted by Crippen LogP contribution is -2.13. The summed E-state index contributed by atoms with van der Waals surface area (Å²) in [6.07, 6.45) is 0. The number of hydrogen-bond donors (Lipinski definition) is 1. The quantitative estimate of drug-likeness (QED) is 0.379. The second-order valence-electron chi connectivity index (χ2n) is 3.06. The summed E-state index contributed by atoms with van der Waals surface area (Å²) >= 11 is 5.91. The van der Waals surface area contributed by atoms with Gasteiger partial charge in [-0.2, -0.15) is 0 Å². The molecule has 0 aliphatic carbocycles. The van der Waals surface area contributed by atoms with Gasteiger partial charge >= 0.3 is 0 Å². The molecule has 0 aromatic heterocycles. The molecule has 0 saturated carbocycles. The highest BCUT2D eigenvalue weighted by molar-refractivity contribution is 6.31. The number of non-ortho nitro benzene ring substituents is 1. The van der Waals surface area contributed by atoms with Crippen LogP contribution in [0.2, 0.25) is 5.02 Å². The molecule has 4 nitrogen and oxygen atoms in total. The lowest BCUT2D eigenvalue weighted by atomic mass is 10.2. The molecule has 0 aliphatic heterocycles. The van der Waals surface area contributed by atoms with Crippen molar-refractivity contribution in [2.24, 2.45) is 0 Å².